The van der Waals surface area contributed by atoms with E-state index in [1.54, 1.807) is 73.9 Å². The third kappa shape index (κ3) is 8.14. The highest BCUT2D eigenvalue weighted by Gasteiger charge is 2.47. The molecule has 1 aliphatic rings. The molecular weight excluding hydrogens is 655 g/mol. The molecule has 13 heteroatoms. The zero-order valence-electron chi connectivity index (χ0n) is 26.3. The number of para-hydroxylation sites is 2. The minimum Gasteiger partial charge on any atom is -0.507 e. The van der Waals surface area contributed by atoms with Crippen LogP contribution in [0.3, 0.4) is 0 Å². The zero-order valence-corrected chi connectivity index (χ0v) is 27.2. The maximum atomic E-state index is 13.8. The summed E-state index contributed by atoms with van der Waals surface area (Å²) in [4.78, 5) is 13.5. The van der Waals surface area contributed by atoms with Crippen LogP contribution in [-0.2, 0) is 20.2 Å². The van der Waals surface area contributed by atoms with E-state index >= 15 is 0 Å². The predicted molar refractivity (Wildman–Crippen MR) is 177 cm³/mol. The number of hydrogen-bond acceptors (Lipinski definition) is 12. The third-order valence-electron chi connectivity index (χ3n) is 7.89. The van der Waals surface area contributed by atoms with Crippen molar-refractivity contribution in [3.63, 3.8) is 0 Å². The van der Waals surface area contributed by atoms with Gasteiger partial charge in [0.2, 0.25) is 6.29 Å². The van der Waals surface area contributed by atoms with E-state index < -0.39 is 50.9 Å². The number of ketones is 1. The minimum absolute atomic E-state index is 0.0142. The van der Waals surface area contributed by atoms with E-state index in [0.717, 1.165) is 16.5 Å². The number of aryl methyl sites for hydroxylation is 2. The van der Waals surface area contributed by atoms with Gasteiger partial charge in [-0.05, 0) is 79.1 Å². The minimum atomic E-state index is -4.41. The number of furan rings is 1. The van der Waals surface area contributed by atoms with Gasteiger partial charge >= 0.3 is 7.82 Å². The van der Waals surface area contributed by atoms with E-state index in [9.17, 15) is 29.8 Å². The highest BCUT2D eigenvalue weighted by Crippen LogP contribution is 2.50. The van der Waals surface area contributed by atoms with E-state index in [0.29, 0.717) is 12.0 Å². The lowest BCUT2D eigenvalue weighted by atomic mass is 9.98. The maximum absolute atomic E-state index is 13.8. The number of aliphatic hydroxyl groups is 3. The molecule has 4 aromatic carbocycles. The standard InChI is InChI=1S/C36H35O12P/c1-22-18-28(38)32(27(37)14-12-23-13-15-29-24(20-23)16-17-43-29)30(19-22)45-36-35(41)34(40)33(39)31(46-36)21-44-49(42,47-25-8-4-2-5-9-25)48-26-10-6-3-7-11-26/h2-11,13,15-20,31,33-36,38-41H,12,14,21H2,1H3/t31-,33-,34+,35-,36-/m1/s1. The predicted octanol–water partition coefficient (Wildman–Crippen LogP) is 5.73. The first-order valence-corrected chi connectivity index (χ1v) is 17.0. The number of benzene rings is 4. The first kappa shape index (κ1) is 34.2. The van der Waals surface area contributed by atoms with Crippen molar-refractivity contribution < 1.29 is 57.2 Å². The van der Waals surface area contributed by atoms with Crippen LogP contribution in [0.1, 0.15) is 27.9 Å². The van der Waals surface area contributed by atoms with Gasteiger partial charge in [0.15, 0.2) is 5.78 Å². The lowest BCUT2D eigenvalue weighted by Crippen LogP contribution is -2.60. The molecule has 12 nitrogen and oxygen atoms in total. The highest BCUT2D eigenvalue weighted by molar-refractivity contribution is 7.49. The Labute approximate surface area is 281 Å². The largest absolute Gasteiger partial charge is 0.587 e. The molecule has 0 bridgehead atoms. The van der Waals surface area contributed by atoms with Crippen molar-refractivity contribution in [1.82, 2.24) is 0 Å². The van der Waals surface area contributed by atoms with Crippen LogP contribution in [0.5, 0.6) is 23.0 Å². The molecule has 6 rings (SSSR count). The van der Waals surface area contributed by atoms with Crippen molar-refractivity contribution in [3.8, 4) is 23.0 Å². The van der Waals surface area contributed by atoms with Crippen molar-refractivity contribution in [2.24, 2.45) is 0 Å². The molecule has 0 spiro atoms. The zero-order chi connectivity index (χ0) is 34.5. The number of carbonyl (C=O) groups excluding carboxylic acids is 1. The summed E-state index contributed by atoms with van der Waals surface area (Å²) in [5.74, 6) is -0.523. The molecule has 4 N–H and O–H groups in total. The van der Waals surface area contributed by atoms with E-state index in [1.807, 2.05) is 24.3 Å². The molecule has 0 amide bonds. The van der Waals surface area contributed by atoms with Gasteiger partial charge in [-0.3, -0.25) is 9.32 Å². The van der Waals surface area contributed by atoms with E-state index in [4.69, 9.17) is 27.5 Å². The van der Waals surface area contributed by atoms with Crippen LogP contribution in [0.4, 0.5) is 0 Å². The van der Waals surface area contributed by atoms with Crippen LogP contribution in [-0.4, -0.2) is 63.5 Å². The Hall–Kier alpha value is -4.68. The fourth-order valence-electron chi connectivity index (χ4n) is 5.40. The average molecular weight is 691 g/mol. The smallest absolute Gasteiger partial charge is 0.507 e. The van der Waals surface area contributed by atoms with Crippen LogP contribution in [0.25, 0.3) is 11.0 Å². The number of phosphoric acid groups is 1. The van der Waals surface area contributed by atoms with Crippen LogP contribution < -0.4 is 13.8 Å². The van der Waals surface area contributed by atoms with Gasteiger partial charge in [0.1, 0.15) is 58.6 Å². The first-order chi connectivity index (χ1) is 23.6. The van der Waals surface area contributed by atoms with Crippen LogP contribution in [0.15, 0.2) is 108 Å². The summed E-state index contributed by atoms with van der Waals surface area (Å²) in [6, 6.07) is 26.6. The molecule has 0 unspecified atom stereocenters. The Kier molecular flexibility index (Phi) is 10.4. The summed E-state index contributed by atoms with van der Waals surface area (Å²) < 4.78 is 47.7. The van der Waals surface area contributed by atoms with Crippen molar-refractivity contribution >= 4 is 24.6 Å². The second-order valence-electron chi connectivity index (χ2n) is 11.6. The van der Waals surface area contributed by atoms with Crippen molar-refractivity contribution in [3.05, 3.63) is 120 Å². The average Bonchev–Trinajstić information content (AvgIpc) is 3.56. The number of carbonyl (C=O) groups is 1. The molecule has 1 saturated heterocycles. The molecule has 5 atom stereocenters. The molecule has 256 valence electrons. The number of phosphoric ester groups is 1. The monoisotopic (exact) mass is 690 g/mol. The lowest BCUT2D eigenvalue weighted by Gasteiger charge is -2.40. The van der Waals surface area contributed by atoms with Gasteiger partial charge in [-0.25, -0.2) is 4.57 Å². The molecule has 0 saturated carbocycles. The summed E-state index contributed by atoms with van der Waals surface area (Å²) in [6.45, 7) is 1.04. The molecule has 0 radical (unpaired) electrons. The Morgan fingerprint density at radius 1 is 0.837 bits per heavy atom. The summed E-state index contributed by atoms with van der Waals surface area (Å²) in [6.07, 6.45) is -6.40. The molecule has 5 aromatic rings. The number of Topliss-reactive ketones (excluding diaryl/α,β-unsaturated/α-hetero) is 1. The van der Waals surface area contributed by atoms with Gasteiger partial charge in [0.25, 0.3) is 0 Å². The highest BCUT2D eigenvalue weighted by atomic mass is 31.2. The molecule has 49 heavy (non-hydrogen) atoms. The third-order valence-corrected chi connectivity index (χ3v) is 9.23. The van der Waals surface area contributed by atoms with Gasteiger partial charge in [0, 0.05) is 11.8 Å². The van der Waals surface area contributed by atoms with Crippen LogP contribution in [0.2, 0.25) is 0 Å². The van der Waals surface area contributed by atoms with Crippen molar-refractivity contribution in [2.75, 3.05) is 6.61 Å². The second-order valence-corrected chi connectivity index (χ2v) is 13.1. The Morgan fingerprint density at radius 3 is 2.18 bits per heavy atom. The molecule has 2 heterocycles. The molecule has 0 aliphatic carbocycles. The van der Waals surface area contributed by atoms with Crippen LogP contribution in [0, 0.1) is 6.92 Å². The fraction of sp³-hybridized carbons (Fsp3) is 0.250. The topological polar surface area (TPSA) is 174 Å². The summed E-state index contributed by atoms with van der Waals surface area (Å²) >= 11 is 0. The number of phenolic OH excluding ortho intramolecular Hbond substituents is 1. The first-order valence-electron chi connectivity index (χ1n) is 15.5. The second kappa shape index (κ2) is 14.8. The Morgan fingerprint density at radius 2 is 1.51 bits per heavy atom. The van der Waals surface area contributed by atoms with Gasteiger partial charge in [-0.1, -0.05) is 42.5 Å². The van der Waals surface area contributed by atoms with Crippen molar-refractivity contribution in [1.29, 1.82) is 0 Å². The summed E-state index contributed by atoms with van der Waals surface area (Å²) in [7, 11) is -4.41. The van der Waals surface area contributed by atoms with Gasteiger partial charge in [-0.15, -0.1) is 0 Å². The van der Waals surface area contributed by atoms with E-state index in [-0.39, 0.29) is 35.0 Å². The summed E-state index contributed by atoms with van der Waals surface area (Å²) in [5.41, 5.74) is 2.00. The van der Waals surface area contributed by atoms with Crippen LogP contribution >= 0.6 is 7.82 Å². The van der Waals surface area contributed by atoms with Gasteiger partial charge in [-0.2, -0.15) is 0 Å². The number of phenols is 1. The maximum Gasteiger partial charge on any atom is 0.587 e. The number of rotatable bonds is 13. The van der Waals surface area contributed by atoms with Gasteiger partial charge < -0.3 is 43.4 Å². The molecule has 1 aliphatic heterocycles. The number of ether oxygens (including phenoxy) is 2. The number of aliphatic hydroxyl groups excluding tert-OH is 3. The van der Waals surface area contributed by atoms with Crippen molar-refractivity contribution in [2.45, 2.75) is 50.5 Å². The quantitative estimate of drug-likeness (QED) is 0.0874. The summed E-state index contributed by atoms with van der Waals surface area (Å²) in [5, 5.41) is 44.1. The molecule has 1 aromatic heterocycles. The van der Waals surface area contributed by atoms with E-state index in [2.05, 4.69) is 0 Å². The Balaban J connectivity index is 1.18. The number of aromatic hydroxyl groups is 1. The van der Waals surface area contributed by atoms with Gasteiger partial charge in [0.05, 0.1) is 12.9 Å². The fourth-order valence-corrected chi connectivity index (χ4v) is 6.63. The number of hydrogen-bond donors (Lipinski definition) is 4. The van der Waals surface area contributed by atoms with E-state index in [1.165, 1.54) is 12.1 Å². The molecular formula is C36H35O12P. The Bertz CT molecular complexity index is 1880. The molecule has 1 fully saturated rings. The normalized spacial score (nSPS) is 20.9. The lowest BCUT2D eigenvalue weighted by molar-refractivity contribution is -0.276. The SMILES string of the molecule is Cc1cc(O)c(C(=O)CCc2ccc3occc3c2)c(O[C@@H]2O[C@H](COP(=O)(Oc3ccccc3)Oc3ccccc3)[C@@H](O)[C@H](O)[C@H]2O)c1. The number of fused-ring (bicyclic) bond motifs is 1.